The fourth-order valence-corrected chi connectivity index (χ4v) is 2.69. The van der Waals surface area contributed by atoms with Crippen LogP contribution in [0.4, 0.5) is 0 Å². The summed E-state index contributed by atoms with van der Waals surface area (Å²) in [5.74, 6) is 0.786. The zero-order valence-electron chi connectivity index (χ0n) is 13.3. The average Bonchev–Trinajstić information content (AvgIpc) is 2.47. The molecule has 0 radical (unpaired) electrons. The summed E-state index contributed by atoms with van der Waals surface area (Å²) >= 11 is 0. The lowest BCUT2D eigenvalue weighted by atomic mass is 9.96. The van der Waals surface area contributed by atoms with Crippen molar-refractivity contribution in [1.82, 2.24) is 15.5 Å². The third kappa shape index (κ3) is 6.20. The van der Waals surface area contributed by atoms with Crippen LogP contribution in [-0.4, -0.2) is 63.3 Å². The van der Waals surface area contributed by atoms with Crippen LogP contribution in [-0.2, 0) is 9.53 Å². The van der Waals surface area contributed by atoms with E-state index >= 15 is 0 Å². The fraction of sp³-hybridized carbons (Fsp3) is 0.933. The number of hydrogen-bond donors (Lipinski definition) is 2. The molecular weight excluding hydrogens is 254 g/mol. The van der Waals surface area contributed by atoms with Crippen LogP contribution in [0, 0.1) is 5.92 Å². The van der Waals surface area contributed by atoms with Crippen molar-refractivity contribution in [3.05, 3.63) is 0 Å². The molecule has 2 unspecified atom stereocenters. The molecule has 1 aliphatic rings. The molecule has 0 aromatic carbocycles. The summed E-state index contributed by atoms with van der Waals surface area (Å²) in [5, 5.41) is 6.42. The second-order valence-corrected chi connectivity index (χ2v) is 5.67. The summed E-state index contributed by atoms with van der Waals surface area (Å²) < 4.78 is 4.95. The van der Waals surface area contributed by atoms with Gasteiger partial charge in [0.1, 0.15) is 0 Å². The maximum atomic E-state index is 12.1. The van der Waals surface area contributed by atoms with Gasteiger partial charge in [-0.05, 0) is 51.7 Å². The second kappa shape index (κ2) is 10.1. The van der Waals surface area contributed by atoms with E-state index in [-0.39, 0.29) is 11.9 Å². The van der Waals surface area contributed by atoms with Gasteiger partial charge >= 0.3 is 0 Å². The monoisotopic (exact) mass is 285 g/mol. The predicted octanol–water partition coefficient (Wildman–Crippen LogP) is 0.849. The van der Waals surface area contributed by atoms with E-state index < -0.39 is 0 Å². The van der Waals surface area contributed by atoms with Crippen molar-refractivity contribution in [3.63, 3.8) is 0 Å². The zero-order chi connectivity index (χ0) is 14.8. The maximum absolute atomic E-state index is 12.1. The number of nitrogens with one attached hydrogen (secondary N) is 2. The van der Waals surface area contributed by atoms with Gasteiger partial charge in [-0.25, -0.2) is 0 Å². The van der Waals surface area contributed by atoms with Crippen molar-refractivity contribution in [2.24, 2.45) is 5.92 Å². The van der Waals surface area contributed by atoms with Gasteiger partial charge in [-0.1, -0.05) is 6.92 Å². The highest BCUT2D eigenvalue weighted by Gasteiger charge is 2.26. The second-order valence-electron chi connectivity index (χ2n) is 5.67. The normalized spacial score (nSPS) is 21.6. The van der Waals surface area contributed by atoms with E-state index in [4.69, 9.17) is 4.74 Å². The highest BCUT2D eigenvalue weighted by molar-refractivity contribution is 5.81. The molecule has 1 heterocycles. The number of amides is 1. The molecule has 1 rings (SSSR count). The van der Waals surface area contributed by atoms with Gasteiger partial charge in [0.05, 0.1) is 12.6 Å². The van der Waals surface area contributed by atoms with Gasteiger partial charge < -0.3 is 15.4 Å². The Morgan fingerprint density at radius 2 is 2.25 bits per heavy atom. The number of hydrogen-bond acceptors (Lipinski definition) is 4. The Morgan fingerprint density at radius 1 is 1.45 bits per heavy atom. The number of piperidine rings is 1. The first kappa shape index (κ1) is 17.4. The van der Waals surface area contributed by atoms with E-state index in [1.165, 1.54) is 19.3 Å². The van der Waals surface area contributed by atoms with Crippen LogP contribution < -0.4 is 10.6 Å². The van der Waals surface area contributed by atoms with E-state index in [2.05, 4.69) is 22.5 Å². The number of carbonyl (C=O) groups is 1. The van der Waals surface area contributed by atoms with Crippen LogP contribution in [0.1, 0.15) is 33.1 Å². The Kier molecular flexibility index (Phi) is 8.82. The zero-order valence-corrected chi connectivity index (χ0v) is 13.3. The van der Waals surface area contributed by atoms with Crippen molar-refractivity contribution in [1.29, 1.82) is 0 Å². The average molecular weight is 285 g/mol. The van der Waals surface area contributed by atoms with E-state index in [1.54, 1.807) is 7.11 Å². The van der Waals surface area contributed by atoms with Gasteiger partial charge in [0.2, 0.25) is 5.91 Å². The summed E-state index contributed by atoms with van der Waals surface area (Å²) in [6.07, 6.45) is 3.63. The van der Waals surface area contributed by atoms with Crippen LogP contribution in [0.5, 0.6) is 0 Å². The molecule has 5 heteroatoms. The highest BCUT2D eigenvalue weighted by atomic mass is 16.5. The molecule has 0 bridgehead atoms. The van der Waals surface area contributed by atoms with Gasteiger partial charge in [0.15, 0.2) is 0 Å². The molecule has 0 spiro atoms. The molecule has 0 aliphatic carbocycles. The minimum atomic E-state index is -0.0409. The molecule has 1 aliphatic heterocycles. The standard InChI is InChI=1S/C15H31N3O2/c1-4-7-16-11-14-6-5-9-18(12-14)13(2)15(19)17-8-10-20-3/h13-14,16H,4-12H2,1-3H3,(H,17,19). The summed E-state index contributed by atoms with van der Waals surface area (Å²) in [6, 6.07) is -0.0409. The summed E-state index contributed by atoms with van der Waals surface area (Å²) in [6.45, 7) is 9.57. The molecule has 0 saturated carbocycles. The first-order chi connectivity index (χ1) is 9.69. The third-order valence-electron chi connectivity index (χ3n) is 3.94. The Balaban J connectivity index is 2.31. The minimum absolute atomic E-state index is 0.0409. The topological polar surface area (TPSA) is 53.6 Å². The molecule has 0 aromatic heterocycles. The lowest BCUT2D eigenvalue weighted by Crippen LogP contribution is -2.50. The largest absolute Gasteiger partial charge is 0.383 e. The van der Waals surface area contributed by atoms with E-state index in [0.717, 1.165) is 26.2 Å². The molecule has 2 atom stereocenters. The number of methoxy groups -OCH3 is 1. The van der Waals surface area contributed by atoms with Crippen molar-refractivity contribution in [2.75, 3.05) is 46.4 Å². The fourth-order valence-electron chi connectivity index (χ4n) is 2.69. The third-order valence-corrected chi connectivity index (χ3v) is 3.94. The van der Waals surface area contributed by atoms with Gasteiger partial charge in [-0.3, -0.25) is 9.69 Å². The number of likely N-dealkylation sites (tertiary alicyclic amines) is 1. The Morgan fingerprint density at radius 3 is 2.95 bits per heavy atom. The Hall–Kier alpha value is -0.650. The van der Waals surface area contributed by atoms with E-state index in [1.807, 2.05) is 6.92 Å². The molecular formula is C15H31N3O2. The first-order valence-corrected chi connectivity index (χ1v) is 7.90. The number of carbonyl (C=O) groups excluding carboxylic acids is 1. The lowest BCUT2D eigenvalue weighted by molar-refractivity contribution is -0.126. The molecule has 1 amide bonds. The molecule has 1 saturated heterocycles. The first-order valence-electron chi connectivity index (χ1n) is 7.90. The Bertz CT molecular complexity index is 274. The van der Waals surface area contributed by atoms with Crippen LogP contribution in [0.2, 0.25) is 0 Å². The summed E-state index contributed by atoms with van der Waals surface area (Å²) in [7, 11) is 1.65. The minimum Gasteiger partial charge on any atom is -0.383 e. The van der Waals surface area contributed by atoms with Gasteiger partial charge in [-0.15, -0.1) is 0 Å². The number of ether oxygens (including phenoxy) is 1. The van der Waals surface area contributed by atoms with Crippen LogP contribution in [0.25, 0.3) is 0 Å². The Labute approximate surface area is 123 Å². The molecule has 5 nitrogen and oxygen atoms in total. The quantitative estimate of drug-likeness (QED) is 0.617. The molecule has 1 fully saturated rings. The maximum Gasteiger partial charge on any atom is 0.237 e. The SMILES string of the molecule is CCCNCC1CCCN(C(C)C(=O)NCCOC)C1. The number of nitrogens with zero attached hydrogens (tertiary/aromatic N) is 1. The smallest absolute Gasteiger partial charge is 0.237 e. The summed E-state index contributed by atoms with van der Waals surface area (Å²) in [4.78, 5) is 14.4. The number of rotatable bonds is 9. The molecule has 2 N–H and O–H groups in total. The van der Waals surface area contributed by atoms with Crippen LogP contribution >= 0.6 is 0 Å². The molecule has 0 aromatic rings. The van der Waals surface area contributed by atoms with Crippen molar-refractivity contribution in [3.8, 4) is 0 Å². The molecule has 20 heavy (non-hydrogen) atoms. The van der Waals surface area contributed by atoms with Crippen molar-refractivity contribution in [2.45, 2.75) is 39.2 Å². The van der Waals surface area contributed by atoms with Crippen molar-refractivity contribution >= 4 is 5.91 Å². The van der Waals surface area contributed by atoms with E-state index in [9.17, 15) is 4.79 Å². The van der Waals surface area contributed by atoms with Crippen molar-refractivity contribution < 1.29 is 9.53 Å². The predicted molar refractivity (Wildman–Crippen MR) is 81.8 cm³/mol. The van der Waals surface area contributed by atoms with Gasteiger partial charge in [-0.2, -0.15) is 0 Å². The van der Waals surface area contributed by atoms with E-state index in [0.29, 0.717) is 19.1 Å². The van der Waals surface area contributed by atoms with Gasteiger partial charge in [0, 0.05) is 20.2 Å². The highest BCUT2D eigenvalue weighted by Crippen LogP contribution is 2.18. The van der Waals surface area contributed by atoms with Crippen LogP contribution in [0.15, 0.2) is 0 Å². The molecule has 118 valence electrons. The van der Waals surface area contributed by atoms with Crippen LogP contribution in [0.3, 0.4) is 0 Å². The lowest BCUT2D eigenvalue weighted by Gasteiger charge is -2.36. The van der Waals surface area contributed by atoms with Gasteiger partial charge in [0.25, 0.3) is 0 Å². The summed E-state index contributed by atoms with van der Waals surface area (Å²) in [5.41, 5.74) is 0.